The third-order valence-corrected chi connectivity index (χ3v) is 6.44. The molecular formula is C26H25N5OS. The summed E-state index contributed by atoms with van der Waals surface area (Å²) in [6.45, 7) is 4.27. The van der Waals surface area contributed by atoms with Gasteiger partial charge in [0.05, 0.1) is 36.8 Å². The molecule has 2 atom stereocenters. The molecule has 5 rings (SSSR count). The third-order valence-electron chi connectivity index (χ3n) is 6.12. The number of aryl methyl sites for hydroxylation is 1. The first-order chi connectivity index (χ1) is 16.1. The fraction of sp³-hybridized carbons (Fsp3) is 0.192. The number of nitrogens with zero attached hydrogens (tertiary/aromatic N) is 4. The summed E-state index contributed by atoms with van der Waals surface area (Å²) in [5, 5.41) is 4.20. The minimum absolute atomic E-state index is 0.0869. The highest BCUT2D eigenvalue weighted by Crippen LogP contribution is 2.44. The van der Waals surface area contributed by atoms with Crippen LogP contribution in [0.3, 0.4) is 0 Å². The van der Waals surface area contributed by atoms with Crippen LogP contribution in [0.15, 0.2) is 79.3 Å². The van der Waals surface area contributed by atoms with Crippen molar-refractivity contribution in [2.45, 2.75) is 25.9 Å². The van der Waals surface area contributed by atoms with Gasteiger partial charge in [-0.1, -0.05) is 12.1 Å². The highest BCUT2D eigenvalue weighted by atomic mass is 32.1. The van der Waals surface area contributed by atoms with E-state index in [4.69, 9.17) is 17.0 Å². The third kappa shape index (κ3) is 3.74. The van der Waals surface area contributed by atoms with E-state index in [1.807, 2.05) is 54.9 Å². The molecule has 1 aliphatic heterocycles. The van der Waals surface area contributed by atoms with E-state index in [-0.39, 0.29) is 12.1 Å². The van der Waals surface area contributed by atoms with Crippen molar-refractivity contribution in [2.75, 3.05) is 12.0 Å². The van der Waals surface area contributed by atoms with Crippen LogP contribution in [0, 0.1) is 13.8 Å². The van der Waals surface area contributed by atoms with Crippen molar-refractivity contribution < 1.29 is 4.74 Å². The van der Waals surface area contributed by atoms with Crippen LogP contribution in [0.25, 0.3) is 5.69 Å². The molecule has 0 amide bonds. The number of nitrogens with one attached hydrogen (secondary N) is 1. The summed E-state index contributed by atoms with van der Waals surface area (Å²) in [6.07, 6.45) is 5.50. The lowest BCUT2D eigenvalue weighted by Crippen LogP contribution is -2.29. The van der Waals surface area contributed by atoms with E-state index in [0.717, 1.165) is 34.2 Å². The molecule has 7 heteroatoms. The highest BCUT2D eigenvalue weighted by molar-refractivity contribution is 7.80. The number of aromatic nitrogens is 3. The number of rotatable bonds is 5. The van der Waals surface area contributed by atoms with Crippen LogP contribution in [0.1, 0.15) is 34.7 Å². The molecule has 1 aromatic carbocycles. The Balaban J connectivity index is 1.68. The predicted octanol–water partition coefficient (Wildman–Crippen LogP) is 5.07. The van der Waals surface area contributed by atoms with Crippen molar-refractivity contribution >= 4 is 23.0 Å². The summed E-state index contributed by atoms with van der Waals surface area (Å²) in [7, 11) is 1.68. The molecule has 0 saturated carbocycles. The SMILES string of the molecule is COc1cccc(N2C(=S)NC(c3ccccn3)C2c2cc(C)n(-c3cccnc3)c2C)c1. The van der Waals surface area contributed by atoms with Crippen LogP contribution in [0.4, 0.5) is 5.69 Å². The largest absolute Gasteiger partial charge is 0.497 e. The molecule has 4 aromatic rings. The second-order valence-corrected chi connectivity index (χ2v) is 8.46. The number of thiocarbonyl (C=S) groups is 1. The summed E-state index contributed by atoms with van der Waals surface area (Å²) < 4.78 is 7.73. The number of pyridine rings is 2. The van der Waals surface area contributed by atoms with Gasteiger partial charge in [0, 0.05) is 35.5 Å². The molecular weight excluding hydrogens is 430 g/mol. The zero-order valence-electron chi connectivity index (χ0n) is 18.8. The summed E-state index contributed by atoms with van der Waals surface area (Å²) in [6, 6.07) is 20.1. The van der Waals surface area contributed by atoms with Crippen LogP contribution in [-0.2, 0) is 0 Å². The Labute approximate surface area is 198 Å². The Morgan fingerprint density at radius 1 is 0.970 bits per heavy atom. The maximum atomic E-state index is 5.86. The van der Waals surface area contributed by atoms with Gasteiger partial charge in [-0.05, 0) is 74.1 Å². The lowest BCUT2D eigenvalue weighted by atomic mass is 9.96. The van der Waals surface area contributed by atoms with E-state index < -0.39 is 0 Å². The van der Waals surface area contributed by atoms with Gasteiger partial charge in [-0.25, -0.2) is 0 Å². The van der Waals surface area contributed by atoms with Crippen LogP contribution < -0.4 is 15.0 Å². The standard InChI is InChI=1S/C26H25N5OS/c1-17-14-22(18(2)30(17)20-9-7-12-27-16-20)25-24(23-11-4-5-13-28-23)29-26(33)31(25)19-8-6-10-21(15-19)32-3/h4-16,24-25H,1-3H3,(H,29,33). The molecule has 0 aliphatic carbocycles. The molecule has 1 saturated heterocycles. The van der Waals surface area contributed by atoms with Crippen molar-refractivity contribution in [3.8, 4) is 11.4 Å². The van der Waals surface area contributed by atoms with E-state index in [9.17, 15) is 0 Å². The number of ether oxygens (including phenoxy) is 1. The molecule has 0 radical (unpaired) electrons. The molecule has 1 fully saturated rings. The highest BCUT2D eigenvalue weighted by Gasteiger charge is 2.42. The van der Waals surface area contributed by atoms with Gasteiger partial charge in [-0.2, -0.15) is 0 Å². The lowest BCUT2D eigenvalue weighted by Gasteiger charge is -2.28. The summed E-state index contributed by atoms with van der Waals surface area (Å²) in [4.78, 5) is 11.2. The smallest absolute Gasteiger partial charge is 0.174 e. The van der Waals surface area contributed by atoms with Crippen molar-refractivity contribution in [1.29, 1.82) is 0 Å². The van der Waals surface area contributed by atoms with Gasteiger partial charge in [0.2, 0.25) is 0 Å². The maximum absolute atomic E-state index is 5.86. The second-order valence-electron chi connectivity index (χ2n) is 8.07. The van der Waals surface area contributed by atoms with E-state index in [1.165, 1.54) is 5.56 Å². The number of anilines is 1. The zero-order valence-corrected chi connectivity index (χ0v) is 19.6. The van der Waals surface area contributed by atoms with Crippen LogP contribution in [-0.4, -0.2) is 26.8 Å². The Kier molecular flexibility index (Phi) is 5.56. The topological polar surface area (TPSA) is 55.2 Å². The van der Waals surface area contributed by atoms with E-state index in [2.05, 4.69) is 56.8 Å². The zero-order chi connectivity index (χ0) is 22.9. The first kappa shape index (κ1) is 21.2. The molecule has 4 heterocycles. The Bertz CT molecular complexity index is 1290. The average molecular weight is 456 g/mol. The van der Waals surface area contributed by atoms with Gasteiger partial charge in [0.25, 0.3) is 0 Å². The summed E-state index contributed by atoms with van der Waals surface area (Å²) >= 11 is 5.86. The first-order valence-electron chi connectivity index (χ1n) is 10.8. The molecule has 6 nitrogen and oxygen atoms in total. The fourth-order valence-electron chi connectivity index (χ4n) is 4.68. The van der Waals surface area contributed by atoms with Gasteiger partial charge >= 0.3 is 0 Å². The average Bonchev–Trinajstić information content (AvgIpc) is 3.35. The molecule has 0 spiro atoms. The van der Waals surface area contributed by atoms with E-state index >= 15 is 0 Å². The van der Waals surface area contributed by atoms with Crippen molar-refractivity contribution in [3.63, 3.8) is 0 Å². The van der Waals surface area contributed by atoms with Crippen molar-refractivity contribution in [1.82, 2.24) is 19.9 Å². The molecule has 1 aliphatic rings. The van der Waals surface area contributed by atoms with Gasteiger partial charge in [0.15, 0.2) is 5.11 Å². The Morgan fingerprint density at radius 2 is 1.82 bits per heavy atom. The molecule has 166 valence electrons. The van der Waals surface area contributed by atoms with Gasteiger partial charge < -0.3 is 19.5 Å². The predicted molar refractivity (Wildman–Crippen MR) is 134 cm³/mol. The van der Waals surface area contributed by atoms with Crippen LogP contribution >= 0.6 is 12.2 Å². The second kappa shape index (κ2) is 8.67. The van der Waals surface area contributed by atoms with Crippen LogP contribution in [0.5, 0.6) is 5.75 Å². The minimum atomic E-state index is -0.104. The molecule has 2 unspecified atom stereocenters. The normalized spacial score (nSPS) is 17.8. The molecule has 1 N–H and O–H groups in total. The number of methoxy groups -OCH3 is 1. The number of benzene rings is 1. The maximum Gasteiger partial charge on any atom is 0.174 e. The number of hydrogen-bond acceptors (Lipinski definition) is 4. The summed E-state index contributed by atoms with van der Waals surface area (Å²) in [5.74, 6) is 0.788. The minimum Gasteiger partial charge on any atom is -0.497 e. The van der Waals surface area contributed by atoms with Crippen molar-refractivity contribution in [3.05, 3.63) is 102 Å². The first-order valence-corrected chi connectivity index (χ1v) is 11.2. The van der Waals surface area contributed by atoms with E-state index in [1.54, 1.807) is 13.3 Å². The van der Waals surface area contributed by atoms with E-state index in [0.29, 0.717) is 5.11 Å². The van der Waals surface area contributed by atoms with Crippen molar-refractivity contribution in [2.24, 2.45) is 0 Å². The monoisotopic (exact) mass is 455 g/mol. The molecule has 33 heavy (non-hydrogen) atoms. The molecule has 3 aromatic heterocycles. The van der Waals surface area contributed by atoms with Gasteiger partial charge in [0.1, 0.15) is 5.75 Å². The Morgan fingerprint density at radius 3 is 2.55 bits per heavy atom. The van der Waals surface area contributed by atoms with Gasteiger partial charge in [-0.3, -0.25) is 9.97 Å². The summed E-state index contributed by atoms with van der Waals surface area (Å²) in [5.41, 5.74) is 6.42. The molecule has 0 bridgehead atoms. The van der Waals surface area contributed by atoms with Gasteiger partial charge in [-0.15, -0.1) is 0 Å². The fourth-order valence-corrected chi connectivity index (χ4v) is 5.03. The van der Waals surface area contributed by atoms with Crippen LogP contribution in [0.2, 0.25) is 0 Å². The number of hydrogen-bond donors (Lipinski definition) is 1. The quantitative estimate of drug-likeness (QED) is 0.424. The Hall–Kier alpha value is -3.71. The lowest BCUT2D eigenvalue weighted by molar-refractivity contribution is 0.415.